The molecule has 1 aliphatic rings. The lowest BCUT2D eigenvalue weighted by molar-refractivity contribution is -0.0527. The van der Waals surface area contributed by atoms with Crippen LogP contribution in [0.15, 0.2) is 24.3 Å². The largest absolute Gasteiger partial charge is 0.494 e. The van der Waals surface area contributed by atoms with Gasteiger partial charge in [-0.2, -0.15) is 0 Å². The second-order valence-electron chi connectivity index (χ2n) is 4.09. The van der Waals surface area contributed by atoms with Gasteiger partial charge in [-0.15, -0.1) is 0 Å². The fourth-order valence-electron chi connectivity index (χ4n) is 1.99. The predicted molar refractivity (Wildman–Crippen MR) is 61.7 cm³/mol. The molecule has 16 heavy (non-hydrogen) atoms. The molecule has 0 spiro atoms. The highest BCUT2D eigenvalue weighted by atomic mass is 16.5. The molecule has 1 aromatic carbocycles. The van der Waals surface area contributed by atoms with Gasteiger partial charge in [0.1, 0.15) is 5.75 Å². The molecule has 1 saturated heterocycles. The molecule has 2 rings (SSSR count). The summed E-state index contributed by atoms with van der Waals surface area (Å²) in [4.78, 5) is 0. The Morgan fingerprint density at radius 2 is 2.06 bits per heavy atom. The molecule has 1 atom stereocenters. The van der Waals surface area contributed by atoms with E-state index >= 15 is 0 Å². The third kappa shape index (κ3) is 2.36. The molecule has 1 fully saturated rings. The number of ether oxygens (including phenoxy) is 2. The number of benzene rings is 1. The predicted octanol–water partition coefficient (Wildman–Crippen LogP) is 1.81. The highest BCUT2D eigenvalue weighted by molar-refractivity contribution is 5.30. The van der Waals surface area contributed by atoms with Crippen LogP contribution in [0.3, 0.4) is 0 Å². The van der Waals surface area contributed by atoms with Crippen molar-refractivity contribution in [1.29, 1.82) is 0 Å². The maximum atomic E-state index is 9.40. The summed E-state index contributed by atoms with van der Waals surface area (Å²) in [6, 6.07) is 7.98. The van der Waals surface area contributed by atoms with E-state index in [1.165, 1.54) is 5.56 Å². The van der Waals surface area contributed by atoms with Crippen molar-refractivity contribution in [3.63, 3.8) is 0 Å². The van der Waals surface area contributed by atoms with Gasteiger partial charge < -0.3 is 14.6 Å². The van der Waals surface area contributed by atoms with Gasteiger partial charge in [-0.3, -0.25) is 0 Å². The van der Waals surface area contributed by atoms with Crippen LogP contribution >= 0.6 is 0 Å². The van der Waals surface area contributed by atoms with Gasteiger partial charge >= 0.3 is 0 Å². The lowest BCUT2D eigenvalue weighted by Crippen LogP contribution is -2.34. The van der Waals surface area contributed by atoms with Gasteiger partial charge in [0.15, 0.2) is 0 Å². The summed E-state index contributed by atoms with van der Waals surface area (Å²) in [6.45, 7) is 4.36. The summed E-state index contributed by atoms with van der Waals surface area (Å²) in [6.07, 6.45) is 0. The highest BCUT2D eigenvalue weighted by Crippen LogP contribution is 2.30. The topological polar surface area (TPSA) is 38.7 Å². The first-order chi connectivity index (χ1) is 7.85. The number of aliphatic hydroxyl groups excluding tert-OH is 1. The molecular formula is C13H18O3. The van der Waals surface area contributed by atoms with Crippen molar-refractivity contribution in [1.82, 2.24) is 0 Å². The Balaban J connectivity index is 2.06. The van der Waals surface area contributed by atoms with Crippen LogP contribution in [0.5, 0.6) is 5.75 Å². The van der Waals surface area contributed by atoms with Gasteiger partial charge in [-0.1, -0.05) is 12.1 Å². The summed E-state index contributed by atoms with van der Waals surface area (Å²) in [5.41, 5.74) is 1.17. The fraction of sp³-hybridized carbons (Fsp3) is 0.538. The second-order valence-corrected chi connectivity index (χ2v) is 4.09. The van der Waals surface area contributed by atoms with Crippen LogP contribution in [0, 0.1) is 5.92 Å². The smallest absolute Gasteiger partial charge is 0.119 e. The van der Waals surface area contributed by atoms with E-state index in [0.29, 0.717) is 12.5 Å². The molecule has 1 N–H and O–H groups in total. The Hall–Kier alpha value is -1.06. The molecule has 0 aromatic heterocycles. The van der Waals surface area contributed by atoms with Crippen LogP contribution in [0.2, 0.25) is 0 Å². The monoisotopic (exact) mass is 222 g/mol. The summed E-state index contributed by atoms with van der Waals surface area (Å²) in [7, 11) is 0. The SMILES string of the molecule is CCOc1ccc(C(CO)C2COC2)cc1. The minimum atomic E-state index is 0.183. The van der Waals surface area contributed by atoms with Gasteiger partial charge in [0.05, 0.1) is 26.4 Å². The average Bonchev–Trinajstić information content (AvgIpc) is 2.25. The minimum Gasteiger partial charge on any atom is -0.494 e. The molecule has 0 radical (unpaired) electrons. The van der Waals surface area contributed by atoms with Crippen LogP contribution in [-0.4, -0.2) is 31.5 Å². The molecule has 0 bridgehead atoms. The van der Waals surface area contributed by atoms with Crippen LogP contribution in [0.4, 0.5) is 0 Å². The van der Waals surface area contributed by atoms with E-state index in [0.717, 1.165) is 19.0 Å². The van der Waals surface area contributed by atoms with Crippen LogP contribution in [0.25, 0.3) is 0 Å². The fourth-order valence-corrected chi connectivity index (χ4v) is 1.99. The number of aliphatic hydroxyl groups is 1. The first kappa shape index (κ1) is 11.4. The van der Waals surface area contributed by atoms with Gasteiger partial charge in [0.25, 0.3) is 0 Å². The molecule has 1 aliphatic heterocycles. The number of rotatable bonds is 5. The van der Waals surface area contributed by atoms with E-state index in [-0.39, 0.29) is 12.5 Å². The molecule has 1 heterocycles. The zero-order valence-electron chi connectivity index (χ0n) is 9.56. The number of hydrogen-bond donors (Lipinski definition) is 1. The van der Waals surface area contributed by atoms with Gasteiger partial charge in [-0.25, -0.2) is 0 Å². The Labute approximate surface area is 96.0 Å². The third-order valence-electron chi connectivity index (χ3n) is 3.05. The van der Waals surface area contributed by atoms with Crippen molar-refractivity contribution in [2.75, 3.05) is 26.4 Å². The van der Waals surface area contributed by atoms with E-state index in [9.17, 15) is 5.11 Å². The van der Waals surface area contributed by atoms with Crippen molar-refractivity contribution in [3.8, 4) is 5.75 Å². The lowest BCUT2D eigenvalue weighted by Gasteiger charge is -2.33. The van der Waals surface area contributed by atoms with Crippen LogP contribution in [-0.2, 0) is 4.74 Å². The highest BCUT2D eigenvalue weighted by Gasteiger charge is 2.28. The number of hydrogen-bond acceptors (Lipinski definition) is 3. The molecule has 0 saturated carbocycles. The third-order valence-corrected chi connectivity index (χ3v) is 3.05. The van der Waals surface area contributed by atoms with E-state index in [4.69, 9.17) is 9.47 Å². The van der Waals surface area contributed by atoms with Crippen molar-refractivity contribution >= 4 is 0 Å². The van der Waals surface area contributed by atoms with Crippen molar-refractivity contribution in [2.24, 2.45) is 5.92 Å². The maximum Gasteiger partial charge on any atom is 0.119 e. The molecule has 0 amide bonds. The maximum absolute atomic E-state index is 9.40. The van der Waals surface area contributed by atoms with Crippen LogP contribution < -0.4 is 4.74 Å². The van der Waals surface area contributed by atoms with Gasteiger partial charge in [-0.05, 0) is 24.6 Å². The van der Waals surface area contributed by atoms with Crippen molar-refractivity contribution in [2.45, 2.75) is 12.8 Å². The van der Waals surface area contributed by atoms with E-state index < -0.39 is 0 Å². The second kappa shape index (κ2) is 5.32. The average molecular weight is 222 g/mol. The molecule has 1 unspecified atom stereocenters. The first-order valence-electron chi connectivity index (χ1n) is 5.76. The van der Waals surface area contributed by atoms with Crippen molar-refractivity contribution < 1.29 is 14.6 Å². The lowest BCUT2D eigenvalue weighted by atomic mass is 9.85. The Morgan fingerprint density at radius 1 is 1.38 bits per heavy atom. The molecule has 3 nitrogen and oxygen atoms in total. The minimum absolute atomic E-state index is 0.183. The Bertz CT molecular complexity index is 316. The summed E-state index contributed by atoms with van der Waals surface area (Å²) < 4.78 is 10.6. The van der Waals surface area contributed by atoms with E-state index in [2.05, 4.69) is 0 Å². The molecular weight excluding hydrogens is 204 g/mol. The normalized spacial score (nSPS) is 17.9. The Kier molecular flexibility index (Phi) is 3.80. The summed E-state index contributed by atoms with van der Waals surface area (Å²) in [5.74, 6) is 1.54. The van der Waals surface area contributed by atoms with Crippen molar-refractivity contribution in [3.05, 3.63) is 29.8 Å². The quantitative estimate of drug-likeness (QED) is 0.825. The molecule has 3 heteroatoms. The molecule has 0 aliphatic carbocycles. The van der Waals surface area contributed by atoms with E-state index in [1.54, 1.807) is 0 Å². The summed E-state index contributed by atoms with van der Waals surface area (Å²) >= 11 is 0. The van der Waals surface area contributed by atoms with Gasteiger partial charge in [0, 0.05) is 11.8 Å². The summed E-state index contributed by atoms with van der Waals surface area (Å²) in [5, 5.41) is 9.40. The molecule has 88 valence electrons. The standard InChI is InChI=1S/C13H18O3/c1-2-16-12-5-3-10(4-6-12)13(7-14)11-8-15-9-11/h3-6,11,13-14H,2,7-9H2,1H3. The zero-order valence-corrected chi connectivity index (χ0v) is 9.56. The first-order valence-corrected chi connectivity index (χ1v) is 5.76. The Morgan fingerprint density at radius 3 is 2.50 bits per heavy atom. The zero-order chi connectivity index (χ0) is 11.4. The van der Waals surface area contributed by atoms with E-state index in [1.807, 2.05) is 31.2 Å². The van der Waals surface area contributed by atoms with Gasteiger partial charge in [0.2, 0.25) is 0 Å². The van der Waals surface area contributed by atoms with Crippen LogP contribution in [0.1, 0.15) is 18.4 Å². The molecule has 1 aromatic rings.